The molecule has 3 nitrogen and oxygen atoms in total. The normalized spacial score (nSPS) is 23.7. The smallest absolute Gasteiger partial charge is 0.317 e. The Balaban J connectivity index is 0.00000225. The Morgan fingerprint density at radius 2 is 1.80 bits per heavy atom. The van der Waals surface area contributed by atoms with E-state index < -0.39 is 5.41 Å². The Morgan fingerprint density at radius 3 is 2.32 bits per heavy atom. The maximum atomic E-state index is 13.3. The van der Waals surface area contributed by atoms with Crippen molar-refractivity contribution in [3.63, 3.8) is 0 Å². The number of hydrogen-bond donors (Lipinski definition) is 0. The molecule has 5 heteroatoms. The minimum absolute atomic E-state index is 0. The zero-order valence-electron chi connectivity index (χ0n) is 16.0. The minimum atomic E-state index is -0.462. The van der Waals surface area contributed by atoms with Gasteiger partial charge in [0.25, 0.3) is 0 Å². The number of carbonyl (C=O) groups is 1. The standard InChI is InChI=1S/C20H32NO2S.BrH/c1-15-11-14-24-18(15)20(2,16-7-5-6-8-16)19(22)23-17-9-12-21(3,4)13-10-17;/h11,14,16-17H,5-10,12-13H2,1-4H3;1H/q+1;/p-1. The van der Waals surface area contributed by atoms with Crippen molar-refractivity contribution < 1.29 is 31.0 Å². The summed E-state index contributed by atoms with van der Waals surface area (Å²) in [4.78, 5) is 14.5. The van der Waals surface area contributed by atoms with Crippen molar-refractivity contribution in [2.45, 2.75) is 63.9 Å². The van der Waals surface area contributed by atoms with E-state index >= 15 is 0 Å². The monoisotopic (exact) mass is 429 g/mol. The summed E-state index contributed by atoms with van der Waals surface area (Å²) in [5, 5.41) is 2.12. The Hall–Kier alpha value is -0.390. The lowest BCUT2D eigenvalue weighted by molar-refractivity contribution is -0.896. The van der Waals surface area contributed by atoms with Crippen LogP contribution < -0.4 is 17.0 Å². The highest BCUT2D eigenvalue weighted by molar-refractivity contribution is 7.10. The highest BCUT2D eigenvalue weighted by atomic mass is 79.9. The first-order valence-corrected chi connectivity index (χ1v) is 10.3. The predicted octanol–water partition coefficient (Wildman–Crippen LogP) is 1.29. The topological polar surface area (TPSA) is 26.3 Å². The quantitative estimate of drug-likeness (QED) is 0.532. The summed E-state index contributed by atoms with van der Waals surface area (Å²) in [7, 11) is 4.52. The average Bonchev–Trinajstić information content (AvgIpc) is 3.20. The second-order valence-corrected chi connectivity index (χ2v) is 9.52. The first kappa shape index (κ1) is 20.9. The van der Waals surface area contributed by atoms with Crippen molar-refractivity contribution in [1.29, 1.82) is 0 Å². The molecule has 0 amide bonds. The summed E-state index contributed by atoms with van der Waals surface area (Å²) in [6.45, 7) is 6.46. The van der Waals surface area contributed by atoms with E-state index in [0.717, 1.165) is 43.3 Å². The van der Waals surface area contributed by atoms with Crippen LogP contribution in [-0.2, 0) is 14.9 Å². The molecule has 0 bridgehead atoms. The Kier molecular flexibility index (Phi) is 6.77. The van der Waals surface area contributed by atoms with Gasteiger partial charge in [0.2, 0.25) is 0 Å². The molecule has 142 valence electrons. The van der Waals surface area contributed by atoms with Gasteiger partial charge in [0.1, 0.15) is 11.5 Å². The highest BCUT2D eigenvalue weighted by Crippen LogP contribution is 2.46. The van der Waals surface area contributed by atoms with Gasteiger partial charge in [0, 0.05) is 17.7 Å². The number of thiophene rings is 1. The third-order valence-corrected chi connectivity index (χ3v) is 7.57. The van der Waals surface area contributed by atoms with E-state index in [-0.39, 0.29) is 29.1 Å². The fraction of sp³-hybridized carbons (Fsp3) is 0.750. The van der Waals surface area contributed by atoms with Gasteiger partial charge < -0.3 is 26.2 Å². The molecule has 25 heavy (non-hydrogen) atoms. The second kappa shape index (κ2) is 8.10. The van der Waals surface area contributed by atoms with Crippen LogP contribution in [0, 0.1) is 12.8 Å². The number of ether oxygens (including phenoxy) is 1. The molecule has 1 aromatic heterocycles. The molecule has 1 saturated carbocycles. The first-order chi connectivity index (χ1) is 11.3. The van der Waals surface area contributed by atoms with Crippen LogP contribution in [0.3, 0.4) is 0 Å². The second-order valence-electron chi connectivity index (χ2n) is 8.60. The maximum absolute atomic E-state index is 13.3. The molecule has 2 aliphatic rings. The molecule has 0 N–H and O–H groups in total. The molecule has 0 aromatic carbocycles. The molecule has 2 heterocycles. The lowest BCUT2D eigenvalue weighted by atomic mass is 9.73. The number of likely N-dealkylation sites (tertiary alicyclic amines) is 1. The molecule has 1 unspecified atom stereocenters. The van der Waals surface area contributed by atoms with Gasteiger partial charge in [0.15, 0.2) is 0 Å². The van der Waals surface area contributed by atoms with Gasteiger partial charge in [-0.05, 0) is 49.6 Å². The Labute approximate surface area is 167 Å². The SMILES string of the molecule is Cc1ccsc1C(C)(C(=O)OC1CC[N+](C)(C)CC1)C1CCCC1.[Br-]. The van der Waals surface area contributed by atoms with Gasteiger partial charge >= 0.3 is 5.97 Å². The molecular formula is C20H32BrNO2S. The number of quaternary nitrogens is 1. The van der Waals surface area contributed by atoms with Crippen LogP contribution >= 0.6 is 11.3 Å². The van der Waals surface area contributed by atoms with Crippen LogP contribution in [0.15, 0.2) is 11.4 Å². The predicted molar refractivity (Wildman–Crippen MR) is 99.3 cm³/mol. The molecule has 1 atom stereocenters. The van der Waals surface area contributed by atoms with E-state index in [1.54, 1.807) is 11.3 Å². The average molecular weight is 430 g/mol. The van der Waals surface area contributed by atoms with Crippen LogP contribution in [0.2, 0.25) is 0 Å². The van der Waals surface area contributed by atoms with Crippen molar-refractivity contribution in [3.8, 4) is 0 Å². The number of piperidine rings is 1. The maximum Gasteiger partial charge on any atom is 0.317 e. The number of hydrogen-bond acceptors (Lipinski definition) is 3. The van der Waals surface area contributed by atoms with Gasteiger partial charge in [-0.2, -0.15) is 0 Å². The van der Waals surface area contributed by atoms with E-state index in [0.29, 0.717) is 5.92 Å². The van der Waals surface area contributed by atoms with Gasteiger partial charge in [-0.1, -0.05) is 12.8 Å². The Bertz CT molecular complexity index is 584. The summed E-state index contributed by atoms with van der Waals surface area (Å²) >= 11 is 1.73. The Morgan fingerprint density at radius 1 is 1.20 bits per heavy atom. The van der Waals surface area contributed by atoms with Crippen molar-refractivity contribution >= 4 is 17.3 Å². The number of carbonyl (C=O) groups excluding carboxylic acids is 1. The van der Waals surface area contributed by atoms with Crippen molar-refractivity contribution in [2.75, 3.05) is 27.2 Å². The van der Waals surface area contributed by atoms with Gasteiger partial charge in [-0.15, -0.1) is 11.3 Å². The number of rotatable bonds is 4. The van der Waals surface area contributed by atoms with E-state index in [9.17, 15) is 4.79 Å². The third-order valence-electron chi connectivity index (χ3n) is 6.32. The number of esters is 1. The van der Waals surface area contributed by atoms with Crippen molar-refractivity contribution in [1.82, 2.24) is 0 Å². The molecule has 2 fully saturated rings. The molecule has 0 spiro atoms. The first-order valence-electron chi connectivity index (χ1n) is 9.40. The molecule has 3 rings (SSSR count). The van der Waals surface area contributed by atoms with Crippen LogP contribution in [0.25, 0.3) is 0 Å². The zero-order valence-corrected chi connectivity index (χ0v) is 18.4. The fourth-order valence-electron chi connectivity index (χ4n) is 4.49. The number of halogens is 1. The molecule has 1 aromatic rings. The highest BCUT2D eigenvalue weighted by Gasteiger charge is 2.47. The molecular weight excluding hydrogens is 398 g/mol. The third kappa shape index (κ3) is 4.30. The van der Waals surface area contributed by atoms with Gasteiger partial charge in [-0.3, -0.25) is 4.79 Å². The largest absolute Gasteiger partial charge is 1.00 e. The van der Waals surface area contributed by atoms with E-state index in [2.05, 4.69) is 39.4 Å². The van der Waals surface area contributed by atoms with Crippen LogP contribution in [0.5, 0.6) is 0 Å². The summed E-state index contributed by atoms with van der Waals surface area (Å²) in [6.07, 6.45) is 6.87. The molecule has 0 radical (unpaired) electrons. The lowest BCUT2D eigenvalue weighted by Crippen LogP contribution is -3.00. The lowest BCUT2D eigenvalue weighted by Gasteiger charge is -2.39. The van der Waals surface area contributed by atoms with E-state index in [1.165, 1.54) is 23.3 Å². The number of aryl methyl sites for hydroxylation is 1. The molecule has 1 aliphatic carbocycles. The summed E-state index contributed by atoms with van der Waals surface area (Å²) in [5.41, 5.74) is 0.782. The fourth-order valence-corrected chi connectivity index (χ4v) is 5.64. The number of nitrogens with zero attached hydrogens (tertiary/aromatic N) is 1. The molecule has 1 saturated heterocycles. The van der Waals surface area contributed by atoms with E-state index in [4.69, 9.17) is 4.74 Å². The van der Waals surface area contributed by atoms with Gasteiger partial charge in [-0.25, -0.2) is 0 Å². The summed E-state index contributed by atoms with van der Waals surface area (Å²) in [5.74, 6) is 0.454. The van der Waals surface area contributed by atoms with Crippen LogP contribution in [-0.4, -0.2) is 43.7 Å². The zero-order chi connectivity index (χ0) is 17.4. The van der Waals surface area contributed by atoms with Crippen LogP contribution in [0.1, 0.15) is 55.9 Å². The van der Waals surface area contributed by atoms with E-state index in [1.807, 2.05) is 0 Å². The molecule has 1 aliphatic heterocycles. The van der Waals surface area contributed by atoms with Crippen molar-refractivity contribution in [2.24, 2.45) is 5.92 Å². The van der Waals surface area contributed by atoms with Gasteiger partial charge in [0.05, 0.1) is 27.2 Å². The summed E-state index contributed by atoms with van der Waals surface area (Å²) in [6, 6.07) is 2.14. The summed E-state index contributed by atoms with van der Waals surface area (Å²) < 4.78 is 7.14. The van der Waals surface area contributed by atoms with Crippen molar-refractivity contribution in [3.05, 3.63) is 21.9 Å². The van der Waals surface area contributed by atoms with Crippen LogP contribution in [0.4, 0.5) is 0 Å². The minimum Gasteiger partial charge on any atom is -1.00 e.